The molecule has 4 nitrogen and oxygen atoms in total. The molecule has 0 spiro atoms. The summed E-state index contributed by atoms with van der Waals surface area (Å²) in [5.41, 5.74) is 13.7. The van der Waals surface area contributed by atoms with E-state index < -0.39 is 0 Å². The van der Waals surface area contributed by atoms with Gasteiger partial charge in [0.15, 0.2) is 17.5 Å². The van der Waals surface area contributed by atoms with Crippen molar-refractivity contribution in [1.29, 1.82) is 0 Å². The number of fused-ring (bicyclic) bond motifs is 3. The van der Waals surface area contributed by atoms with Crippen LogP contribution in [0.2, 0.25) is 0 Å². The number of hydrogen-bond acceptors (Lipinski definition) is 4. The van der Waals surface area contributed by atoms with Gasteiger partial charge in [-0.2, -0.15) is 0 Å². The summed E-state index contributed by atoms with van der Waals surface area (Å²) in [5, 5.41) is 2.17. The molecule has 0 saturated heterocycles. The maximum Gasteiger partial charge on any atom is 0.164 e. The first-order valence-electron chi connectivity index (χ1n) is 14.3. The molecule has 0 atom stereocenters. The van der Waals surface area contributed by atoms with Crippen molar-refractivity contribution in [2.24, 2.45) is 0 Å². The van der Waals surface area contributed by atoms with Gasteiger partial charge in [-0.25, -0.2) is 15.0 Å². The van der Waals surface area contributed by atoms with E-state index in [2.05, 4.69) is 69.6 Å². The molecule has 0 aliphatic carbocycles. The highest BCUT2D eigenvalue weighted by Gasteiger charge is 2.17. The Bertz CT molecular complexity index is 2060. The Morgan fingerprint density at radius 3 is 1.31 bits per heavy atom. The van der Waals surface area contributed by atoms with Gasteiger partial charge in [-0.3, -0.25) is 0 Å². The molecule has 0 fully saturated rings. The van der Waals surface area contributed by atoms with Crippen molar-refractivity contribution in [2.45, 2.75) is 0 Å². The Hall–Kier alpha value is -4.77. The summed E-state index contributed by atoms with van der Waals surface area (Å²) in [6.45, 7) is 0. The summed E-state index contributed by atoms with van der Waals surface area (Å²) < 4.78 is 6.50. The van der Waals surface area contributed by atoms with Gasteiger partial charge >= 0.3 is 0 Å². The zero-order chi connectivity index (χ0) is 29.0. The monoisotopic (exact) mass is 535 g/mol. The minimum Gasteiger partial charge on any atom is -0.456 e. The number of nitrogens with zero attached hydrogens (tertiary/aromatic N) is 3. The van der Waals surface area contributed by atoms with Gasteiger partial charge in [-0.1, -0.05) is 83.7 Å². The Labute approximate surface area is 249 Å². The number of aromatic nitrogens is 3. The van der Waals surface area contributed by atoms with E-state index in [1.54, 1.807) is 0 Å². The van der Waals surface area contributed by atoms with Crippen molar-refractivity contribution in [3.05, 3.63) is 97.1 Å². The van der Waals surface area contributed by atoms with Gasteiger partial charge in [-0.15, -0.1) is 16.4 Å². The quantitative estimate of drug-likeness (QED) is 0.292. The second-order valence-electron chi connectivity index (χ2n) is 11.1. The van der Waals surface area contributed by atoms with E-state index >= 15 is 0 Å². The van der Waals surface area contributed by atoms with Gasteiger partial charge in [0.05, 0.1) is 0 Å². The van der Waals surface area contributed by atoms with Crippen LogP contribution in [0.15, 0.2) is 101 Å². The zero-order valence-corrected chi connectivity index (χ0v) is 24.5. The molecule has 7 aromatic rings. The largest absolute Gasteiger partial charge is 0.456 e. The summed E-state index contributed by atoms with van der Waals surface area (Å²) in [7, 11) is 11.1. The smallest absolute Gasteiger partial charge is 0.164 e. The lowest BCUT2D eigenvalue weighted by atomic mass is 9.59. The van der Waals surface area contributed by atoms with E-state index in [1.807, 2.05) is 66.7 Å². The second-order valence-corrected chi connectivity index (χ2v) is 11.1. The standard InChI is InChI=1S/C33H26B5N3O/c34-26-25(27(35)29(37)30(38)28(26)36)19-11-13-21-22-14-12-20(16-24(22)42-23(21)15-19)33-40-31(17-7-3-1-4-8-17)39-32(41-33)18-9-5-2-6-10-18/h1-16H,34-38H2. The molecule has 0 radical (unpaired) electrons. The molecule has 0 aliphatic heterocycles. The van der Waals surface area contributed by atoms with Crippen molar-refractivity contribution in [3.8, 4) is 45.3 Å². The first kappa shape index (κ1) is 26.2. The number of benzene rings is 5. The maximum absolute atomic E-state index is 6.50. The number of hydrogen-bond donors (Lipinski definition) is 0. The number of rotatable bonds is 4. The molecule has 2 heterocycles. The van der Waals surface area contributed by atoms with E-state index in [1.165, 1.54) is 38.4 Å². The van der Waals surface area contributed by atoms with Crippen LogP contribution in [0.4, 0.5) is 0 Å². The molecule has 0 N–H and O–H groups in total. The Balaban J connectivity index is 1.37. The van der Waals surface area contributed by atoms with Gasteiger partial charge in [0, 0.05) is 27.5 Å². The van der Waals surface area contributed by atoms with Crippen LogP contribution in [-0.4, -0.2) is 54.2 Å². The predicted octanol–water partition coefficient (Wildman–Crippen LogP) is -0.269. The summed E-state index contributed by atoms with van der Waals surface area (Å²) >= 11 is 0. The maximum atomic E-state index is 6.50. The molecule has 42 heavy (non-hydrogen) atoms. The summed E-state index contributed by atoms with van der Waals surface area (Å²) in [6, 6.07) is 32.9. The summed E-state index contributed by atoms with van der Waals surface area (Å²) in [5.74, 6) is 1.90. The van der Waals surface area contributed by atoms with Crippen LogP contribution in [-0.2, 0) is 0 Å². The predicted molar refractivity (Wildman–Crippen MR) is 190 cm³/mol. The fourth-order valence-electron chi connectivity index (χ4n) is 5.94. The van der Waals surface area contributed by atoms with Gasteiger partial charge in [0.25, 0.3) is 0 Å². The third-order valence-electron chi connectivity index (χ3n) is 8.72. The van der Waals surface area contributed by atoms with Gasteiger partial charge in [0.1, 0.15) is 50.4 Å². The van der Waals surface area contributed by atoms with Crippen LogP contribution in [0.25, 0.3) is 67.2 Å². The van der Waals surface area contributed by atoms with Crippen LogP contribution in [0.3, 0.4) is 0 Å². The summed E-state index contributed by atoms with van der Waals surface area (Å²) in [4.78, 5) is 14.6. The third-order valence-corrected chi connectivity index (χ3v) is 8.72. The fourth-order valence-corrected chi connectivity index (χ4v) is 5.94. The summed E-state index contributed by atoms with van der Waals surface area (Å²) in [6.07, 6.45) is 0. The average molecular weight is 535 g/mol. The van der Waals surface area contributed by atoms with Gasteiger partial charge in [0.2, 0.25) is 0 Å². The van der Waals surface area contributed by atoms with E-state index in [0.717, 1.165) is 38.6 Å². The average Bonchev–Trinajstić information content (AvgIpc) is 3.40. The van der Waals surface area contributed by atoms with Crippen molar-refractivity contribution >= 4 is 88.5 Å². The van der Waals surface area contributed by atoms with Crippen molar-refractivity contribution < 1.29 is 4.42 Å². The highest BCUT2D eigenvalue weighted by Crippen LogP contribution is 2.34. The van der Waals surface area contributed by atoms with E-state index in [4.69, 9.17) is 19.4 Å². The zero-order valence-electron chi connectivity index (χ0n) is 24.5. The lowest BCUT2D eigenvalue weighted by molar-refractivity contribution is 0.669. The molecule has 5 aromatic carbocycles. The molecule has 7 rings (SSSR count). The molecule has 0 saturated carbocycles. The molecule has 2 aromatic heterocycles. The van der Waals surface area contributed by atoms with Crippen LogP contribution >= 0.6 is 0 Å². The molecule has 0 aliphatic rings. The molecule has 0 bridgehead atoms. The third kappa shape index (κ3) is 4.37. The lowest BCUT2D eigenvalue weighted by Crippen LogP contribution is -2.55. The van der Waals surface area contributed by atoms with E-state index in [9.17, 15) is 0 Å². The number of furan rings is 1. The molecule has 0 unspecified atom stereocenters. The van der Waals surface area contributed by atoms with Gasteiger partial charge in [-0.05, 0) is 35.4 Å². The van der Waals surface area contributed by atoms with E-state index in [0.29, 0.717) is 17.5 Å². The van der Waals surface area contributed by atoms with Gasteiger partial charge < -0.3 is 4.42 Å². The Kier molecular flexibility index (Phi) is 6.39. The van der Waals surface area contributed by atoms with Crippen LogP contribution in [0.1, 0.15) is 0 Å². The minimum atomic E-state index is 0.614. The first-order chi connectivity index (χ1) is 20.4. The normalized spacial score (nSPS) is 11.3. The fraction of sp³-hybridized carbons (Fsp3) is 0. The molecule has 0 amide bonds. The van der Waals surface area contributed by atoms with Crippen molar-refractivity contribution in [3.63, 3.8) is 0 Å². The van der Waals surface area contributed by atoms with Crippen molar-refractivity contribution in [1.82, 2.24) is 15.0 Å². The van der Waals surface area contributed by atoms with Crippen LogP contribution in [0, 0.1) is 0 Å². The SMILES string of the molecule is Bc1c(B)c(B)c(-c2ccc3c(c2)oc2cc(-c4nc(-c5ccccc5)nc(-c5ccccc5)n4)ccc23)c(B)c1B. The molecular formula is C33H26B5N3O. The van der Waals surface area contributed by atoms with E-state index in [-0.39, 0.29) is 0 Å². The Morgan fingerprint density at radius 1 is 0.405 bits per heavy atom. The molecule has 194 valence electrons. The van der Waals surface area contributed by atoms with Crippen molar-refractivity contribution in [2.75, 3.05) is 0 Å². The molecular weight excluding hydrogens is 508 g/mol. The Morgan fingerprint density at radius 2 is 0.810 bits per heavy atom. The molecule has 9 heteroatoms. The highest BCUT2D eigenvalue weighted by atomic mass is 16.3. The van der Waals surface area contributed by atoms with Crippen LogP contribution in [0.5, 0.6) is 0 Å². The highest BCUT2D eigenvalue weighted by molar-refractivity contribution is 6.68. The first-order valence-corrected chi connectivity index (χ1v) is 14.3. The second kappa shape index (κ2) is 10.3. The lowest BCUT2D eigenvalue weighted by Gasteiger charge is -2.20. The topological polar surface area (TPSA) is 51.8 Å². The van der Waals surface area contributed by atoms with Crippen LogP contribution < -0.4 is 27.3 Å². The minimum absolute atomic E-state index is 0.614.